The fraction of sp³-hybridized carbons (Fsp3) is 0.333. The molecule has 0 aliphatic rings. The third-order valence-electron chi connectivity index (χ3n) is 1.34. The summed E-state index contributed by atoms with van der Waals surface area (Å²) < 4.78 is 12.7. The highest BCUT2D eigenvalue weighted by molar-refractivity contribution is 5.28. The van der Waals surface area contributed by atoms with Gasteiger partial charge in [0.1, 0.15) is 5.83 Å². The Kier molecular flexibility index (Phi) is 4.46. The molecule has 11 heavy (non-hydrogen) atoms. The molecule has 2 heteroatoms. The Labute approximate surface area is 67.1 Å². The largest absolute Gasteiger partial charge is 0.327 e. The van der Waals surface area contributed by atoms with Crippen molar-refractivity contribution in [1.82, 2.24) is 0 Å². The van der Waals surface area contributed by atoms with Crippen LogP contribution in [0.1, 0.15) is 13.8 Å². The zero-order valence-corrected chi connectivity index (χ0v) is 7.02. The van der Waals surface area contributed by atoms with Gasteiger partial charge in [-0.3, -0.25) is 0 Å². The lowest BCUT2D eigenvalue weighted by molar-refractivity contribution is 0.658. The Morgan fingerprint density at radius 1 is 1.55 bits per heavy atom. The smallest absolute Gasteiger partial charge is 0.125 e. The van der Waals surface area contributed by atoms with Crippen LogP contribution in [0, 0.1) is 0 Å². The number of hydrogen-bond donors (Lipinski definition) is 1. The maximum absolute atomic E-state index is 12.7. The van der Waals surface area contributed by atoms with E-state index in [0.717, 1.165) is 5.57 Å². The summed E-state index contributed by atoms with van der Waals surface area (Å²) in [6, 6.07) is 0. The maximum atomic E-state index is 12.7. The van der Waals surface area contributed by atoms with Crippen LogP contribution in [0.3, 0.4) is 0 Å². The predicted octanol–water partition coefficient (Wildman–Crippen LogP) is 2.32. The normalized spacial score (nSPS) is 14.4. The summed E-state index contributed by atoms with van der Waals surface area (Å²) in [4.78, 5) is 0. The van der Waals surface area contributed by atoms with Gasteiger partial charge in [-0.15, -0.1) is 0 Å². The van der Waals surface area contributed by atoms with Crippen molar-refractivity contribution in [3.8, 4) is 0 Å². The first-order chi connectivity index (χ1) is 5.11. The Bertz CT molecular complexity index is 202. The van der Waals surface area contributed by atoms with E-state index in [1.807, 2.05) is 6.92 Å². The molecule has 0 amide bonds. The van der Waals surface area contributed by atoms with Crippen LogP contribution in [0.15, 0.2) is 35.7 Å². The molecule has 0 aliphatic heterocycles. The average Bonchev–Trinajstić information content (AvgIpc) is 2.02. The molecule has 0 radical (unpaired) electrons. The van der Waals surface area contributed by atoms with Crippen molar-refractivity contribution in [2.75, 3.05) is 6.54 Å². The van der Waals surface area contributed by atoms with Crippen molar-refractivity contribution in [2.45, 2.75) is 13.8 Å². The summed E-state index contributed by atoms with van der Waals surface area (Å²) in [5, 5.41) is 0. The van der Waals surface area contributed by atoms with Gasteiger partial charge in [0.05, 0.1) is 0 Å². The van der Waals surface area contributed by atoms with Crippen molar-refractivity contribution >= 4 is 0 Å². The summed E-state index contributed by atoms with van der Waals surface area (Å²) >= 11 is 0. The highest BCUT2D eigenvalue weighted by Crippen LogP contribution is 2.09. The van der Waals surface area contributed by atoms with Crippen LogP contribution in [-0.4, -0.2) is 6.54 Å². The Morgan fingerprint density at radius 3 is 2.45 bits per heavy atom. The molecule has 2 N–H and O–H groups in total. The van der Waals surface area contributed by atoms with E-state index < -0.39 is 0 Å². The molecule has 0 aromatic carbocycles. The van der Waals surface area contributed by atoms with E-state index in [9.17, 15) is 4.39 Å². The van der Waals surface area contributed by atoms with Crippen LogP contribution >= 0.6 is 0 Å². The van der Waals surface area contributed by atoms with E-state index in [4.69, 9.17) is 5.73 Å². The number of nitrogens with two attached hydrogens (primary N) is 1. The number of halogens is 1. The van der Waals surface area contributed by atoms with Gasteiger partial charge in [0.15, 0.2) is 0 Å². The molecular weight excluding hydrogens is 141 g/mol. The van der Waals surface area contributed by atoms with Gasteiger partial charge in [0, 0.05) is 6.54 Å². The average molecular weight is 155 g/mol. The van der Waals surface area contributed by atoms with Crippen molar-refractivity contribution in [3.05, 3.63) is 35.7 Å². The molecule has 62 valence electrons. The molecule has 0 aromatic heterocycles. The van der Waals surface area contributed by atoms with Gasteiger partial charge < -0.3 is 5.73 Å². The predicted molar refractivity (Wildman–Crippen MR) is 46.8 cm³/mol. The van der Waals surface area contributed by atoms with Crippen LogP contribution in [0.5, 0.6) is 0 Å². The van der Waals surface area contributed by atoms with E-state index in [1.165, 1.54) is 6.08 Å². The molecule has 0 spiro atoms. The fourth-order valence-electron chi connectivity index (χ4n) is 0.658. The van der Waals surface area contributed by atoms with E-state index >= 15 is 0 Å². The van der Waals surface area contributed by atoms with Gasteiger partial charge in [-0.05, 0) is 25.5 Å². The molecule has 0 atom stereocenters. The Balaban J connectivity index is 4.49. The third-order valence-corrected chi connectivity index (χ3v) is 1.34. The van der Waals surface area contributed by atoms with Crippen LogP contribution in [0.2, 0.25) is 0 Å². The minimum Gasteiger partial charge on any atom is -0.327 e. The first kappa shape index (κ1) is 10.1. The van der Waals surface area contributed by atoms with E-state index in [1.54, 1.807) is 13.0 Å². The van der Waals surface area contributed by atoms with Crippen molar-refractivity contribution < 1.29 is 4.39 Å². The first-order valence-corrected chi connectivity index (χ1v) is 3.48. The summed E-state index contributed by atoms with van der Waals surface area (Å²) in [6.45, 7) is 7.33. The summed E-state index contributed by atoms with van der Waals surface area (Å²) in [6.07, 6.45) is 2.91. The lowest BCUT2D eigenvalue weighted by Crippen LogP contribution is -1.99. The van der Waals surface area contributed by atoms with Crippen LogP contribution in [0.4, 0.5) is 4.39 Å². The van der Waals surface area contributed by atoms with Gasteiger partial charge in [0.25, 0.3) is 0 Å². The summed E-state index contributed by atoms with van der Waals surface area (Å²) in [7, 11) is 0. The molecular formula is C9H14FN. The van der Waals surface area contributed by atoms with Crippen molar-refractivity contribution in [2.24, 2.45) is 5.73 Å². The highest BCUT2D eigenvalue weighted by atomic mass is 19.1. The molecule has 0 bridgehead atoms. The van der Waals surface area contributed by atoms with E-state index in [0.29, 0.717) is 12.1 Å². The minimum absolute atomic E-state index is 0.294. The number of hydrogen-bond acceptors (Lipinski definition) is 1. The number of allylic oxidation sites excluding steroid dienone is 4. The summed E-state index contributed by atoms with van der Waals surface area (Å²) in [5.74, 6) is -0.294. The maximum Gasteiger partial charge on any atom is 0.125 e. The van der Waals surface area contributed by atoms with Crippen LogP contribution in [0.25, 0.3) is 0 Å². The monoisotopic (exact) mass is 155 g/mol. The van der Waals surface area contributed by atoms with Gasteiger partial charge in [0.2, 0.25) is 0 Å². The second-order valence-corrected chi connectivity index (χ2v) is 2.43. The van der Waals surface area contributed by atoms with Crippen LogP contribution in [-0.2, 0) is 0 Å². The molecule has 0 fully saturated rings. The van der Waals surface area contributed by atoms with E-state index in [-0.39, 0.29) is 5.83 Å². The molecule has 0 rings (SSSR count). The van der Waals surface area contributed by atoms with Gasteiger partial charge >= 0.3 is 0 Å². The van der Waals surface area contributed by atoms with Gasteiger partial charge in [-0.25, -0.2) is 4.39 Å². The molecule has 0 saturated carbocycles. The molecule has 0 aliphatic carbocycles. The molecule has 1 nitrogen and oxygen atoms in total. The van der Waals surface area contributed by atoms with Crippen LogP contribution < -0.4 is 5.73 Å². The minimum atomic E-state index is -0.294. The number of rotatable bonds is 3. The first-order valence-electron chi connectivity index (χ1n) is 3.48. The standard InChI is InChI=1S/C9H14FN/c1-4-9(10)8(3)5-7(2)6-11/h4-5H,1,6,11H2,2-3H3/b7-5+,9-8+. The zero-order valence-electron chi connectivity index (χ0n) is 7.02. The molecule has 0 unspecified atom stereocenters. The lowest BCUT2D eigenvalue weighted by atomic mass is 10.2. The lowest BCUT2D eigenvalue weighted by Gasteiger charge is -1.96. The second-order valence-electron chi connectivity index (χ2n) is 2.43. The van der Waals surface area contributed by atoms with Crippen molar-refractivity contribution in [3.63, 3.8) is 0 Å². The molecule has 0 saturated heterocycles. The highest BCUT2D eigenvalue weighted by Gasteiger charge is 1.93. The quantitative estimate of drug-likeness (QED) is 0.622. The Morgan fingerprint density at radius 2 is 2.09 bits per heavy atom. The van der Waals surface area contributed by atoms with Gasteiger partial charge in [-0.1, -0.05) is 18.2 Å². The third kappa shape index (κ3) is 3.73. The van der Waals surface area contributed by atoms with E-state index in [2.05, 4.69) is 6.58 Å². The Hall–Kier alpha value is -0.890. The van der Waals surface area contributed by atoms with Crippen molar-refractivity contribution in [1.29, 1.82) is 0 Å². The molecule has 0 aromatic rings. The SMILES string of the molecule is C=C/C(F)=C(C)\C=C(/C)CN. The molecule has 0 heterocycles. The summed E-state index contributed by atoms with van der Waals surface area (Å²) in [5.41, 5.74) is 6.85. The van der Waals surface area contributed by atoms with Gasteiger partial charge in [-0.2, -0.15) is 0 Å². The second kappa shape index (κ2) is 4.85. The topological polar surface area (TPSA) is 26.0 Å². The zero-order chi connectivity index (χ0) is 8.85. The fourth-order valence-corrected chi connectivity index (χ4v) is 0.658.